The van der Waals surface area contributed by atoms with Gasteiger partial charge >= 0.3 is 5.97 Å². The number of rotatable bonds is 6. The van der Waals surface area contributed by atoms with E-state index in [1.54, 1.807) is 0 Å². The van der Waals surface area contributed by atoms with Gasteiger partial charge < -0.3 is 15.7 Å². The summed E-state index contributed by atoms with van der Waals surface area (Å²) in [6, 6.07) is 7.93. The van der Waals surface area contributed by atoms with E-state index in [0.29, 0.717) is 25.7 Å². The highest BCUT2D eigenvalue weighted by molar-refractivity contribution is 5.92. The van der Waals surface area contributed by atoms with E-state index in [9.17, 15) is 19.5 Å². The second-order valence-electron chi connectivity index (χ2n) is 5.08. The molecule has 0 bridgehead atoms. The van der Waals surface area contributed by atoms with Crippen LogP contribution in [-0.4, -0.2) is 35.0 Å². The molecule has 6 nitrogen and oxygen atoms in total. The largest absolute Gasteiger partial charge is 0.480 e. The summed E-state index contributed by atoms with van der Waals surface area (Å²) < 4.78 is 0. The maximum Gasteiger partial charge on any atom is 0.326 e. The molecule has 1 fully saturated rings. The summed E-state index contributed by atoms with van der Waals surface area (Å²) in [6.07, 6.45) is 1.59. The Bertz CT molecular complexity index is 530. The Balaban J connectivity index is 1.88. The fourth-order valence-electron chi connectivity index (χ4n) is 2.30. The van der Waals surface area contributed by atoms with Gasteiger partial charge in [0, 0.05) is 6.42 Å². The Labute approximate surface area is 122 Å². The van der Waals surface area contributed by atoms with E-state index in [0.717, 1.165) is 5.56 Å². The van der Waals surface area contributed by atoms with Crippen LogP contribution in [0.25, 0.3) is 0 Å². The topological polar surface area (TPSA) is 95.5 Å². The summed E-state index contributed by atoms with van der Waals surface area (Å²) in [5, 5.41) is 14.2. The first-order valence-electron chi connectivity index (χ1n) is 6.92. The highest BCUT2D eigenvalue weighted by Gasteiger charge is 2.30. The van der Waals surface area contributed by atoms with Gasteiger partial charge in [0.25, 0.3) is 0 Å². The minimum absolute atomic E-state index is 0.175. The summed E-state index contributed by atoms with van der Waals surface area (Å²) in [5.74, 6) is -1.67. The molecular weight excluding hydrogens is 272 g/mol. The van der Waals surface area contributed by atoms with Crippen LogP contribution >= 0.6 is 0 Å². The molecule has 1 aliphatic heterocycles. The number of carbonyl (C=O) groups is 3. The molecule has 21 heavy (non-hydrogen) atoms. The van der Waals surface area contributed by atoms with Gasteiger partial charge in [-0.1, -0.05) is 30.3 Å². The summed E-state index contributed by atoms with van der Waals surface area (Å²) in [6.45, 7) is 0. The molecule has 1 aromatic carbocycles. The monoisotopic (exact) mass is 290 g/mol. The number of hydrogen-bond acceptors (Lipinski definition) is 3. The van der Waals surface area contributed by atoms with Gasteiger partial charge in [-0.3, -0.25) is 9.59 Å². The second-order valence-corrected chi connectivity index (χ2v) is 5.08. The first-order valence-corrected chi connectivity index (χ1v) is 6.92. The fourth-order valence-corrected chi connectivity index (χ4v) is 2.30. The van der Waals surface area contributed by atoms with Crippen LogP contribution in [0.15, 0.2) is 30.3 Å². The molecule has 0 aromatic heterocycles. The van der Waals surface area contributed by atoms with Crippen molar-refractivity contribution in [3.63, 3.8) is 0 Å². The summed E-state index contributed by atoms with van der Waals surface area (Å²) >= 11 is 0. The van der Waals surface area contributed by atoms with E-state index in [4.69, 9.17) is 0 Å². The first kappa shape index (κ1) is 15.0. The quantitative estimate of drug-likeness (QED) is 0.709. The number of aryl methyl sites for hydroxylation is 1. The molecule has 0 radical (unpaired) electrons. The lowest BCUT2D eigenvalue weighted by Gasteiger charge is -2.17. The van der Waals surface area contributed by atoms with Gasteiger partial charge in [0.15, 0.2) is 0 Å². The number of aliphatic carboxylic acids is 1. The van der Waals surface area contributed by atoms with Gasteiger partial charge in [0.2, 0.25) is 11.8 Å². The SMILES string of the molecule is O=C1CC[C@H](C(=O)N[C@@H](CCc2ccccc2)C(=O)O)N1. The van der Waals surface area contributed by atoms with Crippen molar-refractivity contribution >= 4 is 17.8 Å². The lowest BCUT2D eigenvalue weighted by molar-refractivity contribution is -0.142. The molecule has 0 saturated carbocycles. The molecule has 6 heteroatoms. The number of carboxylic acids is 1. The van der Waals surface area contributed by atoms with E-state index in [2.05, 4.69) is 10.6 Å². The zero-order valence-corrected chi connectivity index (χ0v) is 11.5. The van der Waals surface area contributed by atoms with Crippen molar-refractivity contribution in [3.8, 4) is 0 Å². The van der Waals surface area contributed by atoms with E-state index >= 15 is 0 Å². The molecule has 0 unspecified atom stereocenters. The number of carboxylic acid groups (broad SMARTS) is 1. The zero-order chi connectivity index (χ0) is 15.2. The number of amides is 2. The lowest BCUT2D eigenvalue weighted by Crippen LogP contribution is -2.48. The van der Waals surface area contributed by atoms with Crippen molar-refractivity contribution in [1.29, 1.82) is 0 Å². The standard InChI is InChI=1S/C15H18N2O4/c18-13-9-8-11(16-13)14(19)17-12(15(20)21)7-6-10-4-2-1-3-5-10/h1-5,11-12H,6-9H2,(H,16,18)(H,17,19)(H,20,21)/t11-,12+/m1/s1. The van der Waals surface area contributed by atoms with Gasteiger partial charge in [0.1, 0.15) is 12.1 Å². The molecule has 1 saturated heterocycles. The number of carbonyl (C=O) groups excluding carboxylic acids is 2. The van der Waals surface area contributed by atoms with Gasteiger partial charge in [-0.2, -0.15) is 0 Å². The molecule has 2 atom stereocenters. The van der Waals surface area contributed by atoms with Crippen LogP contribution in [-0.2, 0) is 20.8 Å². The third-order valence-electron chi connectivity index (χ3n) is 3.49. The van der Waals surface area contributed by atoms with Crippen LogP contribution < -0.4 is 10.6 Å². The van der Waals surface area contributed by atoms with Crippen LogP contribution in [0.4, 0.5) is 0 Å². The minimum Gasteiger partial charge on any atom is -0.480 e. The van der Waals surface area contributed by atoms with Crippen LogP contribution in [0.5, 0.6) is 0 Å². The maximum atomic E-state index is 11.9. The Morgan fingerprint density at radius 1 is 1.33 bits per heavy atom. The number of benzene rings is 1. The van der Waals surface area contributed by atoms with Gasteiger partial charge in [-0.25, -0.2) is 4.79 Å². The van der Waals surface area contributed by atoms with Crippen LogP contribution in [0.1, 0.15) is 24.8 Å². The van der Waals surface area contributed by atoms with Gasteiger partial charge in [-0.05, 0) is 24.8 Å². The van der Waals surface area contributed by atoms with Gasteiger partial charge in [-0.15, -0.1) is 0 Å². The number of nitrogens with one attached hydrogen (secondary N) is 2. The highest BCUT2D eigenvalue weighted by atomic mass is 16.4. The lowest BCUT2D eigenvalue weighted by atomic mass is 10.0. The molecule has 1 aliphatic rings. The van der Waals surface area contributed by atoms with Crippen molar-refractivity contribution in [3.05, 3.63) is 35.9 Å². The molecule has 112 valence electrons. The molecule has 2 rings (SSSR count). The summed E-state index contributed by atoms with van der Waals surface area (Å²) in [4.78, 5) is 34.2. The summed E-state index contributed by atoms with van der Waals surface area (Å²) in [5.41, 5.74) is 1.02. The molecule has 1 heterocycles. The molecule has 0 spiro atoms. The van der Waals surface area contributed by atoms with Crippen molar-refractivity contribution in [2.75, 3.05) is 0 Å². The van der Waals surface area contributed by atoms with E-state index < -0.39 is 24.0 Å². The normalized spacial score (nSPS) is 18.9. The van der Waals surface area contributed by atoms with Crippen LogP contribution in [0, 0.1) is 0 Å². The Kier molecular flexibility index (Phi) is 4.92. The van der Waals surface area contributed by atoms with Crippen LogP contribution in [0.3, 0.4) is 0 Å². The molecule has 2 amide bonds. The van der Waals surface area contributed by atoms with E-state index in [-0.39, 0.29) is 5.91 Å². The fraction of sp³-hybridized carbons (Fsp3) is 0.400. The third-order valence-corrected chi connectivity index (χ3v) is 3.49. The molecule has 0 aliphatic carbocycles. The Morgan fingerprint density at radius 3 is 2.62 bits per heavy atom. The van der Waals surface area contributed by atoms with Crippen molar-refractivity contribution in [2.24, 2.45) is 0 Å². The van der Waals surface area contributed by atoms with Crippen LogP contribution in [0.2, 0.25) is 0 Å². The van der Waals surface area contributed by atoms with E-state index in [1.165, 1.54) is 0 Å². The predicted octanol–water partition coefficient (Wildman–Crippen LogP) is 0.467. The Hall–Kier alpha value is -2.37. The smallest absolute Gasteiger partial charge is 0.326 e. The Morgan fingerprint density at radius 2 is 2.05 bits per heavy atom. The predicted molar refractivity (Wildman–Crippen MR) is 75.5 cm³/mol. The van der Waals surface area contributed by atoms with E-state index in [1.807, 2.05) is 30.3 Å². The highest BCUT2D eigenvalue weighted by Crippen LogP contribution is 2.09. The van der Waals surface area contributed by atoms with Crippen molar-refractivity contribution < 1.29 is 19.5 Å². The number of hydrogen-bond donors (Lipinski definition) is 3. The molecule has 3 N–H and O–H groups in total. The first-order chi connectivity index (χ1) is 10.1. The van der Waals surface area contributed by atoms with Gasteiger partial charge in [0.05, 0.1) is 0 Å². The third kappa shape index (κ3) is 4.30. The molecular formula is C15H18N2O4. The minimum atomic E-state index is -1.07. The zero-order valence-electron chi connectivity index (χ0n) is 11.5. The second kappa shape index (κ2) is 6.88. The molecule has 1 aromatic rings. The van der Waals surface area contributed by atoms with Crippen molar-refractivity contribution in [1.82, 2.24) is 10.6 Å². The average molecular weight is 290 g/mol. The van der Waals surface area contributed by atoms with Crippen molar-refractivity contribution in [2.45, 2.75) is 37.8 Å². The summed E-state index contributed by atoms with van der Waals surface area (Å²) in [7, 11) is 0. The average Bonchev–Trinajstić information content (AvgIpc) is 2.90. The maximum absolute atomic E-state index is 11.9.